The largest absolute Gasteiger partial charge is 0.480 e. The van der Waals surface area contributed by atoms with Gasteiger partial charge >= 0.3 is 5.97 Å². The van der Waals surface area contributed by atoms with Crippen LogP contribution < -0.4 is 5.32 Å². The fourth-order valence-corrected chi connectivity index (χ4v) is 1.84. The van der Waals surface area contributed by atoms with E-state index in [1.165, 1.54) is 0 Å². The van der Waals surface area contributed by atoms with Gasteiger partial charge in [-0.3, -0.25) is 4.79 Å². The van der Waals surface area contributed by atoms with Gasteiger partial charge in [-0.2, -0.15) is 0 Å². The van der Waals surface area contributed by atoms with E-state index in [9.17, 15) is 9.59 Å². The third-order valence-electron chi connectivity index (χ3n) is 2.67. The highest BCUT2D eigenvalue weighted by atomic mass is 16.5. The van der Waals surface area contributed by atoms with E-state index in [1.807, 2.05) is 0 Å². The average Bonchev–Trinajstić information content (AvgIpc) is 2.51. The standard InChI is InChI=1S/C10H17NO4/c1-7-3-2-4-8(7)11-9(12)5-15-6-10(13)14/h7-8H,2-6H2,1H3,(H,11,12)(H,13,14). The molecule has 1 aliphatic carbocycles. The molecule has 0 spiro atoms. The quantitative estimate of drug-likeness (QED) is 0.695. The Bertz CT molecular complexity index is 242. The number of carboxylic acid groups (broad SMARTS) is 1. The number of hydrogen-bond donors (Lipinski definition) is 2. The van der Waals surface area contributed by atoms with Crippen molar-refractivity contribution in [2.24, 2.45) is 5.92 Å². The van der Waals surface area contributed by atoms with Crippen LogP contribution in [0.3, 0.4) is 0 Å². The van der Waals surface area contributed by atoms with Gasteiger partial charge in [-0.15, -0.1) is 0 Å². The second-order valence-electron chi connectivity index (χ2n) is 3.97. The van der Waals surface area contributed by atoms with E-state index >= 15 is 0 Å². The summed E-state index contributed by atoms with van der Waals surface area (Å²) in [5.41, 5.74) is 0. The highest BCUT2D eigenvalue weighted by Crippen LogP contribution is 2.24. The zero-order valence-electron chi connectivity index (χ0n) is 8.86. The number of nitrogens with one attached hydrogen (secondary N) is 1. The molecule has 2 N–H and O–H groups in total. The molecule has 1 fully saturated rings. The topological polar surface area (TPSA) is 75.6 Å². The number of rotatable bonds is 5. The van der Waals surface area contributed by atoms with Crippen LogP contribution in [-0.4, -0.2) is 36.2 Å². The second-order valence-corrected chi connectivity index (χ2v) is 3.97. The minimum absolute atomic E-state index is 0.171. The van der Waals surface area contributed by atoms with E-state index < -0.39 is 12.6 Å². The molecular weight excluding hydrogens is 198 g/mol. The van der Waals surface area contributed by atoms with Gasteiger partial charge in [0, 0.05) is 6.04 Å². The van der Waals surface area contributed by atoms with Crippen molar-refractivity contribution in [1.82, 2.24) is 5.32 Å². The highest BCUT2D eigenvalue weighted by Gasteiger charge is 2.24. The van der Waals surface area contributed by atoms with Crippen molar-refractivity contribution in [3.63, 3.8) is 0 Å². The number of carbonyl (C=O) groups excluding carboxylic acids is 1. The minimum Gasteiger partial charge on any atom is -0.480 e. The van der Waals surface area contributed by atoms with Gasteiger partial charge in [0.1, 0.15) is 13.2 Å². The molecule has 1 amide bonds. The summed E-state index contributed by atoms with van der Waals surface area (Å²) in [5.74, 6) is -0.777. The maximum Gasteiger partial charge on any atom is 0.329 e. The van der Waals surface area contributed by atoms with E-state index in [1.54, 1.807) is 0 Å². The molecule has 0 aromatic rings. The molecule has 0 bridgehead atoms. The van der Waals surface area contributed by atoms with Crippen LogP contribution in [0.2, 0.25) is 0 Å². The highest BCUT2D eigenvalue weighted by molar-refractivity contribution is 5.78. The SMILES string of the molecule is CC1CCCC1NC(=O)COCC(=O)O. The Labute approximate surface area is 88.8 Å². The molecular formula is C10H17NO4. The maximum atomic E-state index is 11.3. The van der Waals surface area contributed by atoms with Crippen LogP contribution in [0.1, 0.15) is 26.2 Å². The van der Waals surface area contributed by atoms with Crippen LogP contribution in [-0.2, 0) is 14.3 Å². The molecule has 2 atom stereocenters. The van der Waals surface area contributed by atoms with E-state index in [2.05, 4.69) is 12.2 Å². The Hall–Kier alpha value is -1.10. The Morgan fingerprint density at radius 2 is 2.13 bits per heavy atom. The molecule has 1 rings (SSSR count). The lowest BCUT2D eigenvalue weighted by molar-refractivity contribution is -0.143. The summed E-state index contributed by atoms with van der Waals surface area (Å²) in [6, 6.07) is 0.228. The van der Waals surface area contributed by atoms with Gasteiger partial charge in [-0.1, -0.05) is 13.3 Å². The van der Waals surface area contributed by atoms with Crippen LogP contribution in [0.25, 0.3) is 0 Å². The summed E-state index contributed by atoms with van der Waals surface area (Å²) >= 11 is 0. The average molecular weight is 215 g/mol. The first-order valence-corrected chi connectivity index (χ1v) is 5.18. The van der Waals surface area contributed by atoms with Gasteiger partial charge in [0.2, 0.25) is 5.91 Å². The lowest BCUT2D eigenvalue weighted by atomic mass is 10.1. The van der Waals surface area contributed by atoms with Gasteiger partial charge in [-0.25, -0.2) is 4.79 Å². The lowest BCUT2D eigenvalue weighted by Crippen LogP contribution is -2.38. The summed E-state index contributed by atoms with van der Waals surface area (Å²) in [6.07, 6.45) is 3.29. The first-order valence-electron chi connectivity index (χ1n) is 5.18. The van der Waals surface area contributed by atoms with Crippen molar-refractivity contribution in [1.29, 1.82) is 0 Å². The fourth-order valence-electron chi connectivity index (χ4n) is 1.84. The molecule has 0 radical (unpaired) electrons. The van der Waals surface area contributed by atoms with E-state index in [0.29, 0.717) is 5.92 Å². The van der Waals surface area contributed by atoms with Crippen LogP contribution in [0, 0.1) is 5.92 Å². The predicted molar refractivity (Wildman–Crippen MR) is 53.4 cm³/mol. The second kappa shape index (κ2) is 5.70. The monoisotopic (exact) mass is 215 g/mol. The van der Waals surface area contributed by atoms with Gasteiger partial charge in [0.15, 0.2) is 0 Å². The summed E-state index contributed by atoms with van der Waals surface area (Å²) in [7, 11) is 0. The van der Waals surface area contributed by atoms with E-state index in [-0.39, 0.29) is 18.6 Å². The van der Waals surface area contributed by atoms with Crippen LogP contribution in [0.5, 0.6) is 0 Å². The lowest BCUT2D eigenvalue weighted by Gasteiger charge is -2.16. The Balaban J connectivity index is 2.15. The zero-order chi connectivity index (χ0) is 11.3. The molecule has 5 heteroatoms. The van der Waals surface area contributed by atoms with Crippen LogP contribution in [0.4, 0.5) is 0 Å². The molecule has 0 saturated heterocycles. The molecule has 0 aromatic heterocycles. The van der Waals surface area contributed by atoms with Crippen molar-refractivity contribution in [3.05, 3.63) is 0 Å². The summed E-state index contributed by atoms with van der Waals surface area (Å²) < 4.78 is 4.69. The number of hydrogen-bond acceptors (Lipinski definition) is 3. The molecule has 0 aromatic carbocycles. The number of amides is 1. The van der Waals surface area contributed by atoms with E-state index in [4.69, 9.17) is 9.84 Å². The van der Waals surface area contributed by atoms with Crippen molar-refractivity contribution in [2.45, 2.75) is 32.2 Å². The fraction of sp³-hybridized carbons (Fsp3) is 0.800. The van der Waals surface area contributed by atoms with Crippen molar-refractivity contribution in [2.75, 3.05) is 13.2 Å². The first-order chi connectivity index (χ1) is 7.09. The predicted octanol–water partition coefficient (Wildman–Crippen LogP) is 0.392. The normalized spacial score (nSPS) is 25.1. The molecule has 1 aliphatic rings. The third-order valence-corrected chi connectivity index (χ3v) is 2.67. The number of carbonyl (C=O) groups is 2. The van der Waals surface area contributed by atoms with Crippen molar-refractivity contribution >= 4 is 11.9 Å². The Kier molecular flexibility index (Phi) is 4.55. The Morgan fingerprint density at radius 3 is 2.67 bits per heavy atom. The van der Waals surface area contributed by atoms with Gasteiger partial charge in [-0.05, 0) is 18.8 Å². The number of carboxylic acids is 1. The molecule has 5 nitrogen and oxygen atoms in total. The molecule has 0 heterocycles. The molecule has 1 saturated carbocycles. The van der Waals surface area contributed by atoms with Crippen molar-refractivity contribution in [3.8, 4) is 0 Å². The smallest absolute Gasteiger partial charge is 0.329 e. The number of ether oxygens (including phenoxy) is 1. The van der Waals surface area contributed by atoms with Gasteiger partial charge in [0.05, 0.1) is 0 Å². The summed E-state index contributed by atoms with van der Waals surface area (Å²) in [5, 5.41) is 11.1. The molecule has 0 aliphatic heterocycles. The van der Waals surface area contributed by atoms with Crippen LogP contribution in [0.15, 0.2) is 0 Å². The summed E-state index contributed by atoms with van der Waals surface area (Å²) in [6.45, 7) is 1.51. The minimum atomic E-state index is -1.06. The van der Waals surface area contributed by atoms with Gasteiger partial charge in [0.25, 0.3) is 0 Å². The molecule has 15 heavy (non-hydrogen) atoms. The van der Waals surface area contributed by atoms with Crippen molar-refractivity contribution < 1.29 is 19.4 Å². The van der Waals surface area contributed by atoms with Gasteiger partial charge < -0.3 is 15.2 Å². The Morgan fingerprint density at radius 1 is 1.40 bits per heavy atom. The van der Waals surface area contributed by atoms with E-state index in [0.717, 1.165) is 19.3 Å². The molecule has 86 valence electrons. The maximum absolute atomic E-state index is 11.3. The van der Waals surface area contributed by atoms with Crippen LogP contribution >= 0.6 is 0 Å². The first kappa shape index (κ1) is 12.0. The molecule has 2 unspecified atom stereocenters. The zero-order valence-corrected chi connectivity index (χ0v) is 8.86. The number of aliphatic carboxylic acids is 1. The third kappa shape index (κ3) is 4.29. The summed E-state index contributed by atoms with van der Waals surface area (Å²) in [4.78, 5) is 21.4.